The van der Waals surface area contributed by atoms with Crippen molar-refractivity contribution in [1.29, 1.82) is 0 Å². The van der Waals surface area contributed by atoms with Crippen LogP contribution in [0, 0.1) is 0 Å². The van der Waals surface area contributed by atoms with Crippen LogP contribution in [0.15, 0.2) is 70.5 Å². The van der Waals surface area contributed by atoms with Gasteiger partial charge in [-0.05, 0) is 35.9 Å². The summed E-state index contributed by atoms with van der Waals surface area (Å²) >= 11 is 4.64. The van der Waals surface area contributed by atoms with Crippen molar-refractivity contribution in [3.8, 4) is 0 Å². The molecule has 5 nitrogen and oxygen atoms in total. The molecule has 0 bridgehead atoms. The number of carbonyl (C=O) groups is 2. The molecule has 3 aromatic rings. The van der Waals surface area contributed by atoms with Crippen molar-refractivity contribution in [2.24, 2.45) is 0 Å². The van der Waals surface area contributed by atoms with Crippen LogP contribution in [0.4, 0.5) is 10.8 Å². The Morgan fingerprint density at radius 1 is 1.04 bits per heavy atom. The van der Waals surface area contributed by atoms with E-state index in [1.54, 1.807) is 11.5 Å². The van der Waals surface area contributed by atoms with Gasteiger partial charge in [0, 0.05) is 21.6 Å². The number of anilines is 2. The minimum Gasteiger partial charge on any atom is -0.326 e. The van der Waals surface area contributed by atoms with Gasteiger partial charge in [0.1, 0.15) is 0 Å². The van der Waals surface area contributed by atoms with Crippen LogP contribution in [0.5, 0.6) is 0 Å². The highest BCUT2D eigenvalue weighted by Gasteiger charge is 2.09. The van der Waals surface area contributed by atoms with Crippen molar-refractivity contribution in [2.45, 2.75) is 6.42 Å². The lowest BCUT2D eigenvalue weighted by atomic mass is 10.2. The van der Waals surface area contributed by atoms with Gasteiger partial charge in [-0.3, -0.25) is 14.9 Å². The van der Waals surface area contributed by atoms with Crippen LogP contribution in [0.25, 0.3) is 6.08 Å². The SMILES string of the molecule is O=C(/C=C/c1ccccc1)Nc1nc(CC(=O)Nc2ccc(Br)cc2)cs1. The molecule has 3 rings (SSSR count). The topological polar surface area (TPSA) is 71.1 Å². The normalized spacial score (nSPS) is 10.7. The number of hydrogen-bond donors (Lipinski definition) is 2. The summed E-state index contributed by atoms with van der Waals surface area (Å²) in [4.78, 5) is 28.4. The lowest BCUT2D eigenvalue weighted by Gasteiger charge is -2.03. The van der Waals surface area contributed by atoms with Gasteiger partial charge >= 0.3 is 0 Å². The van der Waals surface area contributed by atoms with Crippen molar-refractivity contribution in [2.75, 3.05) is 10.6 Å². The third-order valence-electron chi connectivity index (χ3n) is 3.48. The molecule has 0 aliphatic rings. The van der Waals surface area contributed by atoms with Crippen LogP contribution in [-0.2, 0) is 16.0 Å². The first kappa shape index (κ1) is 19.0. The first-order valence-electron chi connectivity index (χ1n) is 8.12. The summed E-state index contributed by atoms with van der Waals surface area (Å²) in [5.41, 5.74) is 2.27. The number of hydrogen-bond acceptors (Lipinski definition) is 4. The summed E-state index contributed by atoms with van der Waals surface area (Å²) in [5.74, 6) is -0.427. The molecule has 136 valence electrons. The molecule has 27 heavy (non-hydrogen) atoms. The Hall–Kier alpha value is -2.77. The van der Waals surface area contributed by atoms with Crippen molar-refractivity contribution in [3.05, 3.63) is 81.8 Å². The summed E-state index contributed by atoms with van der Waals surface area (Å²) in [7, 11) is 0. The Morgan fingerprint density at radius 2 is 1.78 bits per heavy atom. The van der Waals surface area contributed by atoms with Crippen LogP contribution >= 0.6 is 27.3 Å². The zero-order valence-corrected chi connectivity index (χ0v) is 16.6. The maximum Gasteiger partial charge on any atom is 0.250 e. The van der Waals surface area contributed by atoms with Gasteiger partial charge in [0.05, 0.1) is 12.1 Å². The number of rotatable bonds is 6. The lowest BCUT2D eigenvalue weighted by molar-refractivity contribution is -0.115. The second-order valence-electron chi connectivity index (χ2n) is 5.61. The van der Waals surface area contributed by atoms with Gasteiger partial charge in [0.15, 0.2) is 5.13 Å². The molecule has 1 aromatic heterocycles. The number of aromatic nitrogens is 1. The number of benzene rings is 2. The van der Waals surface area contributed by atoms with E-state index in [1.165, 1.54) is 17.4 Å². The molecule has 0 unspecified atom stereocenters. The lowest BCUT2D eigenvalue weighted by Crippen LogP contribution is -2.14. The number of thiazole rings is 1. The highest BCUT2D eigenvalue weighted by Crippen LogP contribution is 2.17. The van der Waals surface area contributed by atoms with E-state index in [-0.39, 0.29) is 18.2 Å². The minimum absolute atomic E-state index is 0.141. The molecular weight excluding hydrogens is 426 g/mol. The van der Waals surface area contributed by atoms with Gasteiger partial charge in [-0.1, -0.05) is 46.3 Å². The fraction of sp³-hybridized carbons (Fsp3) is 0.0500. The summed E-state index contributed by atoms with van der Waals surface area (Å²) in [6.07, 6.45) is 3.33. The fourth-order valence-electron chi connectivity index (χ4n) is 2.23. The molecule has 2 aromatic carbocycles. The van der Waals surface area contributed by atoms with E-state index in [4.69, 9.17) is 0 Å². The molecule has 0 atom stereocenters. The van der Waals surface area contributed by atoms with E-state index >= 15 is 0 Å². The van der Waals surface area contributed by atoms with E-state index in [0.29, 0.717) is 10.8 Å². The van der Waals surface area contributed by atoms with Crippen LogP contribution in [0.2, 0.25) is 0 Å². The smallest absolute Gasteiger partial charge is 0.250 e. The van der Waals surface area contributed by atoms with E-state index in [1.807, 2.05) is 54.6 Å². The second kappa shape index (κ2) is 9.25. The molecule has 2 N–H and O–H groups in total. The third kappa shape index (κ3) is 6.16. The first-order chi connectivity index (χ1) is 13.1. The first-order valence-corrected chi connectivity index (χ1v) is 9.80. The van der Waals surface area contributed by atoms with Crippen molar-refractivity contribution >= 4 is 56.0 Å². The number of carbonyl (C=O) groups excluding carboxylic acids is 2. The Kier molecular flexibility index (Phi) is 6.51. The van der Waals surface area contributed by atoms with Crippen LogP contribution in [-0.4, -0.2) is 16.8 Å². The Balaban J connectivity index is 1.51. The van der Waals surface area contributed by atoms with Gasteiger partial charge in [-0.25, -0.2) is 4.98 Å². The van der Waals surface area contributed by atoms with Gasteiger partial charge in [0.25, 0.3) is 0 Å². The largest absolute Gasteiger partial charge is 0.326 e. The third-order valence-corrected chi connectivity index (χ3v) is 4.81. The van der Waals surface area contributed by atoms with Gasteiger partial charge < -0.3 is 5.32 Å². The van der Waals surface area contributed by atoms with Gasteiger partial charge in [0.2, 0.25) is 11.8 Å². The van der Waals surface area contributed by atoms with Crippen molar-refractivity contribution in [1.82, 2.24) is 4.98 Å². The predicted molar refractivity (Wildman–Crippen MR) is 113 cm³/mol. The molecule has 0 aliphatic carbocycles. The molecule has 0 aliphatic heterocycles. The Labute approximate surface area is 169 Å². The Morgan fingerprint density at radius 3 is 2.52 bits per heavy atom. The maximum absolute atomic E-state index is 12.1. The van der Waals surface area contributed by atoms with E-state index in [0.717, 1.165) is 15.7 Å². The average Bonchev–Trinajstić information content (AvgIpc) is 3.09. The highest BCUT2D eigenvalue weighted by atomic mass is 79.9. The number of amides is 2. The van der Waals surface area contributed by atoms with Crippen LogP contribution in [0.1, 0.15) is 11.3 Å². The Bertz CT molecular complexity index is 953. The average molecular weight is 442 g/mol. The van der Waals surface area contributed by atoms with Gasteiger partial charge in [-0.15, -0.1) is 11.3 Å². The molecule has 0 saturated heterocycles. The predicted octanol–water partition coefficient (Wildman–Crippen LogP) is 4.74. The molecule has 1 heterocycles. The van der Waals surface area contributed by atoms with Crippen LogP contribution in [0.3, 0.4) is 0 Å². The highest BCUT2D eigenvalue weighted by molar-refractivity contribution is 9.10. The zero-order chi connectivity index (χ0) is 19.1. The van der Waals surface area contributed by atoms with Crippen molar-refractivity contribution in [3.63, 3.8) is 0 Å². The number of halogens is 1. The summed E-state index contributed by atoms with van der Waals surface area (Å²) in [6, 6.07) is 16.9. The second-order valence-corrected chi connectivity index (χ2v) is 7.38. The molecule has 0 radical (unpaired) electrons. The number of nitrogens with one attached hydrogen (secondary N) is 2. The molecule has 0 spiro atoms. The fourth-order valence-corrected chi connectivity index (χ4v) is 3.21. The monoisotopic (exact) mass is 441 g/mol. The van der Waals surface area contributed by atoms with E-state index in [2.05, 4.69) is 31.5 Å². The molecule has 0 fully saturated rings. The minimum atomic E-state index is -0.265. The van der Waals surface area contributed by atoms with Gasteiger partial charge in [-0.2, -0.15) is 0 Å². The molecule has 0 saturated carbocycles. The standard InChI is InChI=1S/C20H16BrN3O2S/c21-15-7-9-16(10-8-15)22-19(26)12-17-13-27-20(23-17)24-18(25)11-6-14-4-2-1-3-5-14/h1-11,13H,12H2,(H,22,26)(H,23,24,25)/b11-6+. The van der Waals surface area contributed by atoms with E-state index < -0.39 is 0 Å². The maximum atomic E-state index is 12.1. The van der Waals surface area contributed by atoms with Crippen molar-refractivity contribution < 1.29 is 9.59 Å². The van der Waals surface area contributed by atoms with E-state index in [9.17, 15) is 9.59 Å². The van der Waals surface area contributed by atoms with Crippen LogP contribution < -0.4 is 10.6 Å². The molecule has 2 amide bonds. The zero-order valence-electron chi connectivity index (χ0n) is 14.2. The molecule has 7 heteroatoms. The molecular formula is C20H16BrN3O2S. The quantitative estimate of drug-likeness (QED) is 0.542. The number of nitrogens with zero attached hydrogens (tertiary/aromatic N) is 1. The summed E-state index contributed by atoms with van der Waals surface area (Å²) in [5, 5.41) is 7.74. The summed E-state index contributed by atoms with van der Waals surface area (Å²) < 4.78 is 0.946. The summed E-state index contributed by atoms with van der Waals surface area (Å²) in [6.45, 7) is 0.